The molecule has 1 aliphatic rings. The maximum atomic E-state index is 13.2. The van der Waals surface area contributed by atoms with Crippen molar-refractivity contribution in [3.8, 4) is 0 Å². The first-order valence-corrected chi connectivity index (χ1v) is 10.9. The summed E-state index contributed by atoms with van der Waals surface area (Å²) in [5.74, 6) is 0.170. The molecule has 1 fully saturated rings. The molecule has 1 saturated carbocycles. The fourth-order valence-corrected chi connectivity index (χ4v) is 4.26. The Hall–Kier alpha value is -2.95. The third-order valence-electron chi connectivity index (χ3n) is 5.92. The standard InChI is InChI=1S/C25H28N2O3/c28-23(17-19-11-5-2-6-12-19)26-21(16-15-18-9-3-1-4-10-18)24(29)25-27-20-13-7-8-14-22(20)30-25/h1,3-4,7-10,13-14,19,21H,2,5-6,11-12,15-17H2,(H,26,28). The molecular formula is C25H28N2O3. The highest BCUT2D eigenvalue weighted by Gasteiger charge is 2.27. The molecular weight excluding hydrogens is 376 g/mol. The number of amides is 1. The van der Waals surface area contributed by atoms with Gasteiger partial charge in [-0.15, -0.1) is 0 Å². The van der Waals surface area contributed by atoms with E-state index in [0.717, 1.165) is 18.4 Å². The molecule has 5 nitrogen and oxygen atoms in total. The van der Waals surface area contributed by atoms with Gasteiger partial charge in [0, 0.05) is 6.42 Å². The van der Waals surface area contributed by atoms with E-state index in [9.17, 15) is 9.59 Å². The summed E-state index contributed by atoms with van der Waals surface area (Å²) >= 11 is 0. The zero-order chi connectivity index (χ0) is 20.8. The monoisotopic (exact) mass is 404 g/mol. The van der Waals surface area contributed by atoms with Crippen molar-refractivity contribution in [2.45, 2.75) is 57.4 Å². The molecule has 1 amide bonds. The number of rotatable bonds is 8. The lowest BCUT2D eigenvalue weighted by atomic mass is 9.86. The normalized spacial score (nSPS) is 15.7. The molecule has 3 aromatic rings. The number of benzene rings is 2. The van der Waals surface area contributed by atoms with Crippen LogP contribution in [0, 0.1) is 5.92 Å². The number of oxazole rings is 1. The second-order valence-electron chi connectivity index (χ2n) is 8.20. The molecule has 156 valence electrons. The van der Waals surface area contributed by atoms with Crippen molar-refractivity contribution in [3.63, 3.8) is 0 Å². The summed E-state index contributed by atoms with van der Waals surface area (Å²) in [5, 5.41) is 2.99. The zero-order valence-electron chi connectivity index (χ0n) is 17.2. The van der Waals surface area contributed by atoms with E-state index in [1.165, 1.54) is 19.3 Å². The number of aromatic nitrogens is 1. The lowest BCUT2D eigenvalue weighted by Crippen LogP contribution is -2.42. The number of hydrogen-bond donors (Lipinski definition) is 1. The molecule has 30 heavy (non-hydrogen) atoms. The Balaban J connectivity index is 1.47. The first-order valence-electron chi connectivity index (χ1n) is 10.9. The Morgan fingerprint density at radius 2 is 1.73 bits per heavy atom. The Bertz CT molecular complexity index is 957. The van der Waals surface area contributed by atoms with Gasteiger partial charge in [0.1, 0.15) is 5.52 Å². The van der Waals surface area contributed by atoms with Gasteiger partial charge >= 0.3 is 0 Å². The van der Waals surface area contributed by atoms with Gasteiger partial charge in [-0.1, -0.05) is 61.7 Å². The Morgan fingerprint density at radius 3 is 2.50 bits per heavy atom. The van der Waals surface area contributed by atoms with E-state index in [-0.39, 0.29) is 17.6 Å². The van der Waals surface area contributed by atoms with E-state index < -0.39 is 6.04 Å². The second kappa shape index (κ2) is 9.70. The van der Waals surface area contributed by atoms with Crippen molar-refractivity contribution < 1.29 is 14.0 Å². The first-order chi connectivity index (χ1) is 14.7. The Labute approximate surface area is 176 Å². The summed E-state index contributed by atoms with van der Waals surface area (Å²) in [6.07, 6.45) is 7.53. The molecule has 2 aromatic carbocycles. The van der Waals surface area contributed by atoms with Crippen molar-refractivity contribution in [1.29, 1.82) is 0 Å². The minimum absolute atomic E-state index is 0.0515. The quantitative estimate of drug-likeness (QED) is 0.530. The molecule has 1 heterocycles. The second-order valence-corrected chi connectivity index (χ2v) is 8.20. The molecule has 1 N–H and O–H groups in total. The van der Waals surface area contributed by atoms with Gasteiger partial charge in [-0.3, -0.25) is 9.59 Å². The maximum Gasteiger partial charge on any atom is 0.266 e. The maximum absolute atomic E-state index is 13.2. The fourth-order valence-electron chi connectivity index (χ4n) is 4.26. The van der Waals surface area contributed by atoms with Gasteiger partial charge in [-0.2, -0.15) is 0 Å². The summed E-state index contributed by atoms with van der Waals surface area (Å²) in [7, 11) is 0. The van der Waals surface area contributed by atoms with Crippen molar-refractivity contribution in [1.82, 2.24) is 10.3 Å². The predicted octanol–water partition coefficient (Wildman–Crippen LogP) is 5.10. The Kier molecular flexibility index (Phi) is 6.57. The minimum Gasteiger partial charge on any atom is -0.434 e. The molecule has 0 aliphatic heterocycles. The van der Waals surface area contributed by atoms with E-state index in [2.05, 4.69) is 10.3 Å². The van der Waals surface area contributed by atoms with E-state index in [4.69, 9.17) is 4.42 Å². The van der Waals surface area contributed by atoms with Crippen molar-refractivity contribution in [2.24, 2.45) is 5.92 Å². The Morgan fingerprint density at radius 1 is 1.00 bits per heavy atom. The third kappa shape index (κ3) is 5.15. The SMILES string of the molecule is O=C(CC1CCCCC1)NC(CCc1ccccc1)C(=O)c1nc2ccccc2o1. The lowest BCUT2D eigenvalue weighted by molar-refractivity contribution is -0.122. The summed E-state index contributed by atoms with van der Waals surface area (Å²) in [6, 6.07) is 16.7. The van der Waals surface area contributed by atoms with Crippen LogP contribution in [0.15, 0.2) is 59.0 Å². The van der Waals surface area contributed by atoms with Crippen LogP contribution in [-0.4, -0.2) is 22.7 Å². The average molecular weight is 405 g/mol. The van der Waals surface area contributed by atoms with Crippen LogP contribution >= 0.6 is 0 Å². The van der Waals surface area contributed by atoms with Crippen molar-refractivity contribution in [3.05, 3.63) is 66.1 Å². The molecule has 4 rings (SSSR count). The number of nitrogens with zero attached hydrogens (tertiary/aromatic N) is 1. The molecule has 0 saturated heterocycles. The van der Waals surface area contributed by atoms with Crippen molar-refractivity contribution in [2.75, 3.05) is 0 Å². The number of aryl methyl sites for hydroxylation is 1. The van der Waals surface area contributed by atoms with Crippen LogP contribution in [0.5, 0.6) is 0 Å². The summed E-state index contributed by atoms with van der Waals surface area (Å²) < 4.78 is 5.68. The average Bonchev–Trinajstić information content (AvgIpc) is 3.22. The van der Waals surface area contributed by atoms with Crippen LogP contribution < -0.4 is 5.32 Å². The summed E-state index contributed by atoms with van der Waals surface area (Å²) in [6.45, 7) is 0. The van der Waals surface area contributed by atoms with Crippen molar-refractivity contribution >= 4 is 22.8 Å². The number of para-hydroxylation sites is 2. The van der Waals surface area contributed by atoms with Crippen LogP contribution in [-0.2, 0) is 11.2 Å². The van der Waals surface area contributed by atoms with Gasteiger partial charge in [-0.25, -0.2) is 4.98 Å². The van der Waals surface area contributed by atoms with Gasteiger partial charge in [-0.05, 0) is 49.3 Å². The van der Waals surface area contributed by atoms with E-state index in [1.54, 1.807) is 6.07 Å². The molecule has 1 atom stereocenters. The van der Waals surface area contributed by atoms with Crippen LogP contribution in [0.25, 0.3) is 11.1 Å². The third-order valence-corrected chi connectivity index (χ3v) is 5.92. The van der Waals surface area contributed by atoms with Crippen LogP contribution in [0.2, 0.25) is 0 Å². The van der Waals surface area contributed by atoms with Crippen LogP contribution in [0.3, 0.4) is 0 Å². The highest BCUT2D eigenvalue weighted by molar-refractivity contribution is 6.00. The van der Waals surface area contributed by atoms with Gasteiger partial charge < -0.3 is 9.73 Å². The van der Waals surface area contributed by atoms with Gasteiger partial charge in [0.25, 0.3) is 5.89 Å². The molecule has 5 heteroatoms. The van der Waals surface area contributed by atoms with E-state index >= 15 is 0 Å². The van der Waals surface area contributed by atoms with Gasteiger partial charge in [0.15, 0.2) is 5.58 Å². The molecule has 0 radical (unpaired) electrons. The zero-order valence-corrected chi connectivity index (χ0v) is 17.2. The highest BCUT2D eigenvalue weighted by Crippen LogP contribution is 2.26. The van der Waals surface area contributed by atoms with E-state index in [1.807, 2.05) is 48.5 Å². The minimum atomic E-state index is -0.644. The number of Topliss-reactive ketones (excluding diaryl/α,β-unsaturated/α-hetero) is 1. The predicted molar refractivity (Wildman–Crippen MR) is 116 cm³/mol. The molecule has 0 bridgehead atoms. The number of carbonyl (C=O) groups excluding carboxylic acids is 2. The number of carbonyl (C=O) groups is 2. The number of ketones is 1. The topological polar surface area (TPSA) is 72.2 Å². The summed E-state index contributed by atoms with van der Waals surface area (Å²) in [5.41, 5.74) is 2.36. The number of fused-ring (bicyclic) bond motifs is 1. The molecule has 0 spiro atoms. The fraction of sp³-hybridized carbons (Fsp3) is 0.400. The number of hydrogen-bond acceptors (Lipinski definition) is 4. The highest BCUT2D eigenvalue weighted by atomic mass is 16.4. The van der Waals surface area contributed by atoms with Crippen LogP contribution in [0.4, 0.5) is 0 Å². The summed E-state index contributed by atoms with van der Waals surface area (Å²) in [4.78, 5) is 30.3. The van der Waals surface area contributed by atoms with E-state index in [0.29, 0.717) is 36.3 Å². The largest absolute Gasteiger partial charge is 0.434 e. The number of nitrogens with one attached hydrogen (secondary N) is 1. The lowest BCUT2D eigenvalue weighted by Gasteiger charge is -2.22. The molecule has 1 aliphatic carbocycles. The van der Waals surface area contributed by atoms with Gasteiger partial charge in [0.05, 0.1) is 6.04 Å². The molecule has 1 aromatic heterocycles. The molecule has 1 unspecified atom stereocenters. The van der Waals surface area contributed by atoms with Crippen LogP contribution in [0.1, 0.15) is 61.2 Å². The first kappa shape index (κ1) is 20.3. The van der Waals surface area contributed by atoms with Gasteiger partial charge in [0.2, 0.25) is 11.7 Å². The smallest absolute Gasteiger partial charge is 0.266 e.